The molecule has 1 aliphatic rings. The number of hydrogen-bond acceptors (Lipinski definition) is 3. The third-order valence-electron chi connectivity index (χ3n) is 4.08. The average molecular weight is 276 g/mol. The number of nitrogens with one attached hydrogen (secondary N) is 1. The fourth-order valence-electron chi connectivity index (χ4n) is 2.98. The molecule has 20 heavy (non-hydrogen) atoms. The molecule has 2 rings (SSSR count). The van der Waals surface area contributed by atoms with Crippen molar-refractivity contribution in [3.05, 3.63) is 35.9 Å². The highest BCUT2D eigenvalue weighted by molar-refractivity contribution is 5.82. The maximum Gasteiger partial charge on any atom is 0.239 e. The predicted molar refractivity (Wildman–Crippen MR) is 79.2 cm³/mol. The Morgan fingerprint density at radius 2 is 1.95 bits per heavy atom. The van der Waals surface area contributed by atoms with Gasteiger partial charge in [-0.25, -0.2) is 0 Å². The Balaban J connectivity index is 2.18. The molecule has 110 valence electrons. The normalized spacial score (nSPS) is 19.3. The van der Waals surface area contributed by atoms with E-state index in [2.05, 4.69) is 17.4 Å². The maximum atomic E-state index is 12.3. The van der Waals surface area contributed by atoms with E-state index in [1.54, 1.807) is 7.11 Å². The van der Waals surface area contributed by atoms with Crippen LogP contribution in [-0.4, -0.2) is 25.7 Å². The summed E-state index contributed by atoms with van der Waals surface area (Å²) in [7, 11) is 1.56. The number of carbonyl (C=O) groups is 1. The number of carbonyl (C=O) groups excluding carboxylic acids is 1. The lowest BCUT2D eigenvalue weighted by atomic mass is 9.76. The van der Waals surface area contributed by atoms with E-state index in [-0.39, 0.29) is 18.1 Å². The Bertz CT molecular complexity index is 427. The van der Waals surface area contributed by atoms with Crippen molar-refractivity contribution in [3.8, 4) is 0 Å². The summed E-state index contributed by atoms with van der Waals surface area (Å²) in [6.45, 7) is 0.247. The smallest absolute Gasteiger partial charge is 0.239 e. The van der Waals surface area contributed by atoms with E-state index in [9.17, 15) is 4.79 Å². The zero-order chi connectivity index (χ0) is 14.4. The maximum absolute atomic E-state index is 12.3. The number of rotatable bonds is 5. The molecule has 1 aromatic rings. The summed E-state index contributed by atoms with van der Waals surface area (Å²) < 4.78 is 4.97. The molecule has 0 radical (unpaired) electrons. The number of amides is 1. The Morgan fingerprint density at radius 3 is 2.55 bits per heavy atom. The lowest BCUT2D eigenvalue weighted by Gasteiger charge is -2.39. The molecule has 0 aromatic heterocycles. The van der Waals surface area contributed by atoms with Gasteiger partial charge in [0.05, 0.1) is 12.1 Å². The first kappa shape index (κ1) is 15.0. The Kier molecular flexibility index (Phi) is 5.15. The molecule has 1 amide bonds. The van der Waals surface area contributed by atoms with Gasteiger partial charge in [-0.05, 0) is 18.4 Å². The van der Waals surface area contributed by atoms with Crippen LogP contribution in [0.4, 0.5) is 0 Å². The lowest BCUT2D eigenvalue weighted by molar-refractivity contribution is -0.126. The van der Waals surface area contributed by atoms with Gasteiger partial charge < -0.3 is 15.8 Å². The van der Waals surface area contributed by atoms with Gasteiger partial charge in [-0.3, -0.25) is 4.79 Å². The largest absolute Gasteiger partial charge is 0.383 e. The Labute approximate surface area is 120 Å². The molecular formula is C16H24N2O2. The number of benzene rings is 1. The molecule has 4 nitrogen and oxygen atoms in total. The first-order valence-corrected chi connectivity index (χ1v) is 7.30. The van der Waals surface area contributed by atoms with Crippen molar-refractivity contribution in [2.75, 3.05) is 13.7 Å². The third-order valence-corrected chi connectivity index (χ3v) is 4.08. The van der Waals surface area contributed by atoms with Gasteiger partial charge in [-0.2, -0.15) is 0 Å². The highest BCUT2D eigenvalue weighted by Crippen LogP contribution is 2.37. The quantitative estimate of drug-likeness (QED) is 0.863. The summed E-state index contributed by atoms with van der Waals surface area (Å²) in [5, 5.41) is 3.19. The van der Waals surface area contributed by atoms with Crippen molar-refractivity contribution in [1.29, 1.82) is 0 Å². The zero-order valence-corrected chi connectivity index (χ0v) is 12.1. The Hall–Kier alpha value is -1.39. The number of hydrogen-bond donors (Lipinski definition) is 2. The molecule has 0 bridgehead atoms. The molecule has 1 saturated carbocycles. The van der Waals surface area contributed by atoms with Crippen LogP contribution in [0, 0.1) is 0 Å². The van der Waals surface area contributed by atoms with E-state index in [0.717, 1.165) is 25.7 Å². The van der Waals surface area contributed by atoms with Gasteiger partial charge in [0.1, 0.15) is 6.04 Å². The summed E-state index contributed by atoms with van der Waals surface area (Å²) in [5.41, 5.74) is 6.76. The van der Waals surface area contributed by atoms with E-state index in [1.165, 1.54) is 12.0 Å². The molecule has 3 N–H and O–H groups in total. The second-order valence-electron chi connectivity index (χ2n) is 5.56. The summed E-state index contributed by atoms with van der Waals surface area (Å²) >= 11 is 0. The van der Waals surface area contributed by atoms with Gasteiger partial charge in [-0.15, -0.1) is 0 Å². The second-order valence-corrected chi connectivity index (χ2v) is 5.56. The van der Waals surface area contributed by atoms with Crippen molar-refractivity contribution >= 4 is 5.91 Å². The highest BCUT2D eigenvalue weighted by atomic mass is 16.5. The number of methoxy groups -OCH3 is 1. The van der Waals surface area contributed by atoms with Crippen molar-refractivity contribution in [2.24, 2.45) is 5.73 Å². The summed E-state index contributed by atoms with van der Waals surface area (Å²) in [6, 6.07) is 9.61. The fraction of sp³-hybridized carbons (Fsp3) is 0.562. The molecule has 1 atom stereocenters. The van der Waals surface area contributed by atoms with Crippen LogP contribution in [0.25, 0.3) is 0 Å². The minimum atomic E-state index is -0.609. The minimum absolute atomic E-state index is 0.127. The van der Waals surface area contributed by atoms with E-state index >= 15 is 0 Å². The second kappa shape index (κ2) is 6.86. The highest BCUT2D eigenvalue weighted by Gasteiger charge is 2.36. The van der Waals surface area contributed by atoms with Crippen LogP contribution < -0.4 is 11.1 Å². The van der Waals surface area contributed by atoms with E-state index in [1.807, 2.05) is 18.2 Å². The molecule has 0 spiro atoms. The molecule has 1 aromatic carbocycles. The molecule has 1 aliphatic carbocycles. The molecule has 1 fully saturated rings. The lowest BCUT2D eigenvalue weighted by Crippen LogP contribution is -2.53. The SMILES string of the molecule is COCC(N)C(=O)NC1(c2ccccc2)CCCCC1. The first-order valence-electron chi connectivity index (χ1n) is 7.30. The first-order chi connectivity index (χ1) is 9.68. The molecule has 4 heteroatoms. The van der Waals surface area contributed by atoms with Crippen molar-refractivity contribution in [2.45, 2.75) is 43.7 Å². The van der Waals surface area contributed by atoms with Crippen LogP contribution in [0.1, 0.15) is 37.7 Å². The molecule has 0 saturated heterocycles. The Morgan fingerprint density at radius 1 is 1.30 bits per heavy atom. The van der Waals surface area contributed by atoms with Gasteiger partial charge in [0, 0.05) is 7.11 Å². The van der Waals surface area contributed by atoms with Crippen molar-refractivity contribution in [3.63, 3.8) is 0 Å². The van der Waals surface area contributed by atoms with Gasteiger partial charge in [0.2, 0.25) is 5.91 Å². The summed E-state index contributed by atoms with van der Waals surface area (Å²) in [4.78, 5) is 12.3. The fourth-order valence-corrected chi connectivity index (χ4v) is 2.98. The van der Waals surface area contributed by atoms with Gasteiger partial charge >= 0.3 is 0 Å². The van der Waals surface area contributed by atoms with E-state index in [4.69, 9.17) is 10.5 Å². The molecular weight excluding hydrogens is 252 g/mol. The van der Waals surface area contributed by atoms with Crippen LogP contribution in [0.2, 0.25) is 0 Å². The molecule has 0 heterocycles. The van der Waals surface area contributed by atoms with Crippen LogP contribution >= 0.6 is 0 Å². The minimum Gasteiger partial charge on any atom is -0.383 e. The predicted octanol–water partition coefficient (Wildman–Crippen LogP) is 1.94. The van der Waals surface area contributed by atoms with Crippen LogP contribution in [0.3, 0.4) is 0 Å². The van der Waals surface area contributed by atoms with Crippen LogP contribution in [0.5, 0.6) is 0 Å². The van der Waals surface area contributed by atoms with Crippen molar-refractivity contribution in [1.82, 2.24) is 5.32 Å². The topological polar surface area (TPSA) is 64.3 Å². The van der Waals surface area contributed by atoms with E-state index < -0.39 is 6.04 Å². The summed E-state index contributed by atoms with van der Waals surface area (Å²) in [6.07, 6.45) is 5.45. The average Bonchev–Trinajstić information content (AvgIpc) is 2.49. The number of ether oxygens (including phenoxy) is 1. The van der Waals surface area contributed by atoms with Gasteiger partial charge in [0.15, 0.2) is 0 Å². The standard InChI is InChI=1S/C16H24N2O2/c1-20-12-14(17)15(19)18-16(10-6-3-7-11-16)13-8-4-2-5-9-13/h2,4-5,8-9,14H,3,6-7,10-12,17H2,1H3,(H,18,19). The van der Waals surface area contributed by atoms with Gasteiger partial charge in [-0.1, -0.05) is 49.6 Å². The molecule has 0 aliphatic heterocycles. The summed E-state index contributed by atoms with van der Waals surface area (Å²) in [5.74, 6) is -0.127. The molecule has 1 unspecified atom stereocenters. The zero-order valence-electron chi connectivity index (χ0n) is 12.1. The monoisotopic (exact) mass is 276 g/mol. The van der Waals surface area contributed by atoms with Gasteiger partial charge in [0.25, 0.3) is 0 Å². The van der Waals surface area contributed by atoms with E-state index in [0.29, 0.717) is 0 Å². The van der Waals surface area contributed by atoms with Crippen molar-refractivity contribution < 1.29 is 9.53 Å². The number of nitrogens with two attached hydrogens (primary N) is 1. The van der Waals surface area contributed by atoms with Crippen LogP contribution in [-0.2, 0) is 15.1 Å². The van der Waals surface area contributed by atoms with Crippen LogP contribution in [0.15, 0.2) is 30.3 Å². The third kappa shape index (κ3) is 3.38.